The quantitative estimate of drug-likeness (QED) is 0.794. The lowest BCUT2D eigenvalue weighted by Crippen LogP contribution is -2.55. The minimum absolute atomic E-state index is 0.00387. The minimum Gasteiger partial charge on any atom is -0.480 e. The smallest absolute Gasteiger partial charge is 0.326 e. The molecule has 23 heavy (non-hydrogen) atoms. The fourth-order valence-electron chi connectivity index (χ4n) is 4.10. The Hall–Kier alpha value is -1.59. The van der Waals surface area contributed by atoms with Crippen molar-refractivity contribution in [1.29, 1.82) is 0 Å². The Labute approximate surface area is 136 Å². The Morgan fingerprint density at radius 1 is 1.22 bits per heavy atom. The molecule has 0 aromatic rings. The largest absolute Gasteiger partial charge is 0.480 e. The Balaban J connectivity index is 1.76. The van der Waals surface area contributed by atoms with Gasteiger partial charge in [0.2, 0.25) is 11.8 Å². The van der Waals surface area contributed by atoms with Crippen LogP contribution >= 0.6 is 0 Å². The summed E-state index contributed by atoms with van der Waals surface area (Å²) in [6.07, 6.45) is 1.83. The summed E-state index contributed by atoms with van der Waals surface area (Å²) in [4.78, 5) is 38.1. The van der Waals surface area contributed by atoms with Crippen LogP contribution in [0.5, 0.6) is 0 Å². The zero-order chi connectivity index (χ0) is 17.1. The van der Waals surface area contributed by atoms with Gasteiger partial charge < -0.3 is 15.3 Å². The zero-order valence-electron chi connectivity index (χ0n) is 14.2. The van der Waals surface area contributed by atoms with Crippen molar-refractivity contribution in [2.24, 2.45) is 29.1 Å². The average Bonchev–Trinajstić information content (AvgIpc) is 3.31. The number of carbonyl (C=O) groups is 3. The van der Waals surface area contributed by atoms with E-state index >= 15 is 0 Å². The monoisotopic (exact) mass is 322 g/mol. The second-order valence-electron chi connectivity index (χ2n) is 8.21. The summed E-state index contributed by atoms with van der Waals surface area (Å²) in [6, 6.07) is -1.31. The van der Waals surface area contributed by atoms with Gasteiger partial charge in [0.1, 0.15) is 12.1 Å². The minimum atomic E-state index is -0.929. The third kappa shape index (κ3) is 2.62. The Kier molecular flexibility index (Phi) is 3.69. The number of piperidine rings is 1. The van der Waals surface area contributed by atoms with E-state index in [1.54, 1.807) is 13.8 Å². The molecular formula is C17H26N2O4. The van der Waals surface area contributed by atoms with Gasteiger partial charge in [-0.15, -0.1) is 0 Å². The predicted molar refractivity (Wildman–Crippen MR) is 83.4 cm³/mol. The van der Waals surface area contributed by atoms with Crippen molar-refractivity contribution in [1.82, 2.24) is 10.2 Å². The average molecular weight is 322 g/mol. The molecule has 1 heterocycles. The molecule has 1 saturated heterocycles. The molecule has 2 aliphatic carbocycles. The second-order valence-corrected chi connectivity index (χ2v) is 8.21. The maximum absolute atomic E-state index is 12.9. The molecule has 0 bridgehead atoms. The summed E-state index contributed by atoms with van der Waals surface area (Å²) in [5.41, 5.74) is -0.00387. The van der Waals surface area contributed by atoms with Crippen LogP contribution in [-0.4, -0.2) is 46.4 Å². The van der Waals surface area contributed by atoms with E-state index in [1.807, 2.05) is 0 Å². The van der Waals surface area contributed by atoms with E-state index in [1.165, 1.54) is 4.90 Å². The predicted octanol–water partition coefficient (Wildman–Crippen LogP) is 1.10. The van der Waals surface area contributed by atoms with Crippen LogP contribution in [0, 0.1) is 29.1 Å². The lowest BCUT2D eigenvalue weighted by molar-refractivity contribution is -0.151. The number of carboxylic acids is 1. The first kappa shape index (κ1) is 16.3. The molecule has 1 aliphatic heterocycles. The normalized spacial score (nSPS) is 32.4. The van der Waals surface area contributed by atoms with Crippen LogP contribution in [0.25, 0.3) is 0 Å². The number of amides is 2. The summed E-state index contributed by atoms with van der Waals surface area (Å²) in [6.45, 7) is 8.21. The summed E-state index contributed by atoms with van der Waals surface area (Å²) in [5.74, 6) is -1.03. The van der Waals surface area contributed by atoms with Gasteiger partial charge in [0.05, 0.1) is 0 Å². The molecule has 2 amide bonds. The molecule has 6 heteroatoms. The highest BCUT2D eigenvalue weighted by Crippen LogP contribution is 2.65. The first-order valence-corrected chi connectivity index (χ1v) is 8.50. The molecule has 0 spiro atoms. The van der Waals surface area contributed by atoms with E-state index in [0.29, 0.717) is 6.54 Å². The van der Waals surface area contributed by atoms with Crippen molar-refractivity contribution >= 4 is 17.8 Å². The lowest BCUT2D eigenvalue weighted by atomic mass is 9.99. The molecule has 6 nitrogen and oxygen atoms in total. The first-order chi connectivity index (χ1) is 10.7. The van der Waals surface area contributed by atoms with Crippen LogP contribution in [0.15, 0.2) is 0 Å². The number of carbonyl (C=O) groups excluding carboxylic acids is 2. The van der Waals surface area contributed by atoms with Crippen molar-refractivity contribution < 1.29 is 19.5 Å². The standard InChI is InChI=1S/C17H26N2O4/c1-8(2)14(20)18-12(9-5-6-9)15(21)19-7-10-11(17(10,3)4)13(19)16(22)23/h8-13H,5-7H2,1-4H3,(H,18,20)(H,22,23)/t10-,11-,12-,13-/m0/s1. The summed E-state index contributed by atoms with van der Waals surface area (Å²) < 4.78 is 0. The second kappa shape index (κ2) is 5.21. The number of nitrogens with zero attached hydrogens (tertiary/aromatic N) is 1. The van der Waals surface area contributed by atoms with Gasteiger partial charge in [0.15, 0.2) is 0 Å². The van der Waals surface area contributed by atoms with E-state index in [0.717, 1.165) is 12.8 Å². The third-order valence-corrected chi connectivity index (χ3v) is 5.93. The molecule has 3 aliphatic rings. The molecule has 0 unspecified atom stereocenters. The maximum Gasteiger partial charge on any atom is 0.326 e. The number of carboxylic acid groups (broad SMARTS) is 1. The third-order valence-electron chi connectivity index (χ3n) is 5.93. The Morgan fingerprint density at radius 3 is 2.30 bits per heavy atom. The number of likely N-dealkylation sites (tertiary alicyclic amines) is 1. The van der Waals surface area contributed by atoms with Gasteiger partial charge in [-0.1, -0.05) is 27.7 Å². The SMILES string of the molecule is CC(C)C(=O)N[C@H](C(=O)N1C[C@H]2[C@@H]([C@H]1C(=O)O)C2(C)C)C1CC1. The Morgan fingerprint density at radius 2 is 1.83 bits per heavy atom. The topological polar surface area (TPSA) is 86.7 Å². The molecule has 2 N–H and O–H groups in total. The van der Waals surface area contributed by atoms with E-state index in [9.17, 15) is 19.5 Å². The number of aliphatic carboxylic acids is 1. The highest BCUT2D eigenvalue weighted by Gasteiger charge is 2.70. The van der Waals surface area contributed by atoms with Gasteiger partial charge in [-0.3, -0.25) is 9.59 Å². The van der Waals surface area contributed by atoms with Crippen molar-refractivity contribution in [3.63, 3.8) is 0 Å². The molecule has 3 rings (SSSR count). The molecular weight excluding hydrogens is 296 g/mol. The number of hydrogen-bond acceptors (Lipinski definition) is 3. The van der Waals surface area contributed by atoms with Gasteiger partial charge in [-0.2, -0.15) is 0 Å². The van der Waals surface area contributed by atoms with Crippen molar-refractivity contribution in [2.45, 2.75) is 52.6 Å². The van der Waals surface area contributed by atoms with Gasteiger partial charge in [-0.05, 0) is 30.1 Å². The van der Waals surface area contributed by atoms with E-state index < -0.39 is 18.1 Å². The number of fused-ring (bicyclic) bond motifs is 1. The van der Waals surface area contributed by atoms with E-state index in [2.05, 4.69) is 19.2 Å². The number of hydrogen-bond donors (Lipinski definition) is 2. The fourth-order valence-corrected chi connectivity index (χ4v) is 4.10. The summed E-state index contributed by atoms with van der Waals surface area (Å²) >= 11 is 0. The highest BCUT2D eigenvalue weighted by molar-refractivity contribution is 5.92. The Bertz CT molecular complexity index is 553. The van der Waals surface area contributed by atoms with Crippen molar-refractivity contribution in [3.8, 4) is 0 Å². The first-order valence-electron chi connectivity index (χ1n) is 8.50. The number of rotatable bonds is 5. The van der Waals surface area contributed by atoms with Crippen molar-refractivity contribution in [2.75, 3.05) is 6.54 Å². The molecule has 0 aromatic carbocycles. The van der Waals surface area contributed by atoms with E-state index in [4.69, 9.17) is 0 Å². The molecule has 2 saturated carbocycles. The lowest BCUT2D eigenvalue weighted by Gasteiger charge is -2.32. The van der Waals surface area contributed by atoms with Crippen LogP contribution < -0.4 is 5.32 Å². The van der Waals surface area contributed by atoms with Crippen LogP contribution in [0.3, 0.4) is 0 Å². The highest BCUT2D eigenvalue weighted by atomic mass is 16.4. The van der Waals surface area contributed by atoms with Crippen LogP contribution in [-0.2, 0) is 14.4 Å². The maximum atomic E-state index is 12.9. The molecule has 3 fully saturated rings. The summed E-state index contributed by atoms with van der Waals surface area (Å²) in [7, 11) is 0. The molecule has 0 radical (unpaired) electrons. The molecule has 0 aromatic heterocycles. The van der Waals surface area contributed by atoms with Crippen LogP contribution in [0.2, 0.25) is 0 Å². The van der Waals surface area contributed by atoms with Gasteiger partial charge in [0, 0.05) is 18.4 Å². The number of nitrogens with one attached hydrogen (secondary N) is 1. The molecule has 128 valence electrons. The van der Waals surface area contributed by atoms with Crippen LogP contribution in [0.4, 0.5) is 0 Å². The zero-order valence-corrected chi connectivity index (χ0v) is 14.2. The van der Waals surface area contributed by atoms with Gasteiger partial charge >= 0.3 is 5.97 Å². The van der Waals surface area contributed by atoms with Crippen LogP contribution in [0.1, 0.15) is 40.5 Å². The van der Waals surface area contributed by atoms with E-state index in [-0.39, 0.29) is 40.9 Å². The summed E-state index contributed by atoms with van der Waals surface area (Å²) in [5, 5.41) is 12.4. The van der Waals surface area contributed by atoms with Gasteiger partial charge in [-0.25, -0.2) is 4.79 Å². The fraction of sp³-hybridized carbons (Fsp3) is 0.824. The van der Waals surface area contributed by atoms with Gasteiger partial charge in [0.25, 0.3) is 0 Å². The molecule has 4 atom stereocenters. The van der Waals surface area contributed by atoms with Crippen molar-refractivity contribution in [3.05, 3.63) is 0 Å².